The summed E-state index contributed by atoms with van der Waals surface area (Å²) in [4.78, 5) is 29.0. The summed E-state index contributed by atoms with van der Waals surface area (Å²) in [5, 5.41) is 0. The lowest BCUT2D eigenvalue weighted by molar-refractivity contribution is -0.117. The molecule has 0 saturated carbocycles. The Morgan fingerprint density at radius 2 is 2.00 bits per heavy atom. The van der Waals surface area contributed by atoms with Crippen LogP contribution in [-0.2, 0) is 22.5 Å². The number of piperidine rings is 1. The number of fused-ring (bicyclic) bond motifs is 1. The minimum atomic E-state index is -0.120. The van der Waals surface area contributed by atoms with Crippen LogP contribution in [0.15, 0.2) is 41.0 Å². The van der Waals surface area contributed by atoms with Crippen LogP contribution in [0.3, 0.4) is 0 Å². The predicted octanol–water partition coefficient (Wildman–Crippen LogP) is 2.34. The quantitative estimate of drug-likeness (QED) is 0.725. The maximum atomic E-state index is 13.0. The molecule has 0 bridgehead atoms. The molecule has 3 heterocycles. The number of ether oxygens (including phenoxy) is 1. The Labute approximate surface area is 170 Å². The molecule has 0 radical (unpaired) electrons. The van der Waals surface area contributed by atoms with Crippen LogP contribution >= 0.6 is 0 Å². The highest BCUT2D eigenvalue weighted by molar-refractivity contribution is 6.01. The fourth-order valence-corrected chi connectivity index (χ4v) is 4.01. The summed E-state index contributed by atoms with van der Waals surface area (Å²) in [6.45, 7) is 2.91. The molecule has 7 heteroatoms. The fourth-order valence-electron chi connectivity index (χ4n) is 4.01. The summed E-state index contributed by atoms with van der Waals surface area (Å²) >= 11 is 0. The number of hydrogen-bond acceptors (Lipinski definition) is 5. The number of likely N-dealkylation sites (tertiary alicyclic amines) is 1. The Hall–Kier alpha value is -2.64. The lowest BCUT2D eigenvalue weighted by atomic mass is 10.1. The Morgan fingerprint density at radius 1 is 1.21 bits per heavy atom. The molecule has 1 fully saturated rings. The number of amides is 2. The molecule has 2 amide bonds. The van der Waals surface area contributed by atoms with Crippen LogP contribution < -0.4 is 10.6 Å². The SMILES string of the molecule is NCCCOC1CCN(C(=O)c2occc2CN2C(=O)Cc3ccccc32)CC1. The van der Waals surface area contributed by atoms with Crippen molar-refractivity contribution in [2.45, 2.75) is 38.3 Å². The van der Waals surface area contributed by atoms with Crippen LogP contribution in [0.25, 0.3) is 0 Å². The number of benzene rings is 1. The number of hydrogen-bond donors (Lipinski definition) is 1. The van der Waals surface area contributed by atoms with Crippen molar-refractivity contribution in [2.75, 3.05) is 31.1 Å². The molecular formula is C22H27N3O4. The van der Waals surface area contributed by atoms with Crippen LogP contribution in [0.4, 0.5) is 5.69 Å². The summed E-state index contributed by atoms with van der Waals surface area (Å²) in [5.41, 5.74) is 8.17. The van der Waals surface area contributed by atoms with E-state index in [1.54, 1.807) is 11.0 Å². The first-order valence-corrected chi connectivity index (χ1v) is 10.2. The molecule has 2 N–H and O–H groups in total. The van der Waals surface area contributed by atoms with Crippen molar-refractivity contribution in [3.63, 3.8) is 0 Å². The largest absolute Gasteiger partial charge is 0.459 e. The van der Waals surface area contributed by atoms with E-state index >= 15 is 0 Å². The maximum Gasteiger partial charge on any atom is 0.289 e. The Balaban J connectivity index is 1.40. The van der Waals surface area contributed by atoms with Gasteiger partial charge in [0.2, 0.25) is 5.91 Å². The maximum absolute atomic E-state index is 13.0. The van der Waals surface area contributed by atoms with Gasteiger partial charge in [0.1, 0.15) is 0 Å². The summed E-state index contributed by atoms with van der Waals surface area (Å²) < 4.78 is 11.4. The first-order valence-electron chi connectivity index (χ1n) is 10.2. The van der Waals surface area contributed by atoms with Crippen LogP contribution in [0.1, 0.15) is 40.9 Å². The number of carbonyl (C=O) groups is 2. The van der Waals surface area contributed by atoms with Gasteiger partial charge in [-0.15, -0.1) is 0 Å². The Morgan fingerprint density at radius 3 is 2.79 bits per heavy atom. The number of nitrogens with two attached hydrogens (primary N) is 1. The van der Waals surface area contributed by atoms with E-state index < -0.39 is 0 Å². The van der Waals surface area contributed by atoms with Crippen LogP contribution in [-0.4, -0.2) is 49.1 Å². The van der Waals surface area contributed by atoms with Gasteiger partial charge in [-0.25, -0.2) is 0 Å². The molecule has 2 aromatic rings. The Kier molecular flexibility index (Phi) is 5.97. The van der Waals surface area contributed by atoms with Crippen LogP contribution in [0.5, 0.6) is 0 Å². The van der Waals surface area contributed by atoms with Crippen molar-refractivity contribution >= 4 is 17.5 Å². The molecule has 2 aliphatic heterocycles. The van der Waals surface area contributed by atoms with Gasteiger partial charge in [0.05, 0.1) is 25.3 Å². The Bertz CT molecular complexity index is 870. The monoisotopic (exact) mass is 397 g/mol. The smallest absolute Gasteiger partial charge is 0.289 e. The average molecular weight is 397 g/mol. The molecule has 0 spiro atoms. The van der Waals surface area contributed by atoms with Gasteiger partial charge in [-0.3, -0.25) is 9.59 Å². The minimum Gasteiger partial charge on any atom is -0.459 e. The second-order valence-corrected chi connectivity index (χ2v) is 7.56. The highest BCUT2D eigenvalue weighted by Gasteiger charge is 2.31. The molecule has 29 heavy (non-hydrogen) atoms. The molecule has 7 nitrogen and oxygen atoms in total. The molecule has 1 saturated heterocycles. The summed E-state index contributed by atoms with van der Waals surface area (Å²) in [5.74, 6) is 0.247. The number of furan rings is 1. The lowest BCUT2D eigenvalue weighted by Crippen LogP contribution is -2.41. The second kappa shape index (κ2) is 8.80. The molecule has 0 unspecified atom stereocenters. The van der Waals surface area contributed by atoms with Gasteiger partial charge >= 0.3 is 0 Å². The third-order valence-electron chi connectivity index (χ3n) is 5.63. The molecule has 0 aliphatic carbocycles. The standard InChI is InChI=1S/C22H27N3O4/c23-9-3-12-28-18-6-10-24(11-7-18)22(27)21-17(8-13-29-21)15-25-19-5-2-1-4-16(19)14-20(25)26/h1-2,4-5,8,13,18H,3,6-7,9-12,14-15,23H2. The van der Waals surface area contributed by atoms with Crippen molar-refractivity contribution in [2.24, 2.45) is 5.73 Å². The summed E-state index contributed by atoms with van der Waals surface area (Å²) in [6.07, 6.45) is 4.58. The third-order valence-corrected chi connectivity index (χ3v) is 5.63. The van der Waals surface area contributed by atoms with Gasteiger partial charge in [-0.1, -0.05) is 18.2 Å². The van der Waals surface area contributed by atoms with Crippen molar-refractivity contribution in [1.82, 2.24) is 4.90 Å². The molecule has 1 aromatic carbocycles. The molecule has 1 aromatic heterocycles. The van der Waals surface area contributed by atoms with Gasteiger partial charge in [-0.2, -0.15) is 0 Å². The zero-order chi connectivity index (χ0) is 20.2. The number of nitrogens with zero attached hydrogens (tertiary/aromatic N) is 2. The van der Waals surface area contributed by atoms with Gasteiger partial charge in [0, 0.05) is 30.9 Å². The van der Waals surface area contributed by atoms with Crippen molar-refractivity contribution < 1.29 is 18.7 Å². The molecule has 0 atom stereocenters. The average Bonchev–Trinajstić information content (AvgIpc) is 3.33. The number of carbonyl (C=O) groups excluding carboxylic acids is 2. The fraction of sp³-hybridized carbons (Fsp3) is 0.455. The highest BCUT2D eigenvalue weighted by Crippen LogP contribution is 2.31. The van der Waals surface area contributed by atoms with Gasteiger partial charge < -0.3 is 24.7 Å². The van der Waals surface area contributed by atoms with E-state index in [2.05, 4.69) is 0 Å². The van der Waals surface area contributed by atoms with E-state index in [1.807, 2.05) is 29.2 Å². The first kappa shape index (κ1) is 19.7. The third kappa shape index (κ3) is 4.21. The second-order valence-electron chi connectivity index (χ2n) is 7.56. The zero-order valence-corrected chi connectivity index (χ0v) is 16.5. The van der Waals surface area contributed by atoms with Gasteiger partial charge in [-0.05, 0) is 43.5 Å². The van der Waals surface area contributed by atoms with Crippen molar-refractivity contribution in [1.29, 1.82) is 0 Å². The van der Waals surface area contributed by atoms with E-state index in [0.29, 0.717) is 45.0 Å². The number of rotatable bonds is 7. The zero-order valence-electron chi connectivity index (χ0n) is 16.5. The molecule has 4 rings (SSSR count). The molecular weight excluding hydrogens is 370 g/mol. The van der Waals surface area contributed by atoms with Crippen molar-refractivity contribution in [3.05, 3.63) is 53.5 Å². The van der Waals surface area contributed by atoms with E-state index in [0.717, 1.165) is 36.1 Å². The first-order chi connectivity index (χ1) is 14.2. The van der Waals surface area contributed by atoms with E-state index in [1.165, 1.54) is 6.26 Å². The van der Waals surface area contributed by atoms with E-state index in [9.17, 15) is 9.59 Å². The summed E-state index contributed by atoms with van der Waals surface area (Å²) in [7, 11) is 0. The molecule has 2 aliphatic rings. The van der Waals surface area contributed by atoms with E-state index in [-0.39, 0.29) is 17.9 Å². The topological polar surface area (TPSA) is 89.0 Å². The number of anilines is 1. The van der Waals surface area contributed by atoms with Crippen LogP contribution in [0, 0.1) is 0 Å². The van der Waals surface area contributed by atoms with Gasteiger partial charge in [0.25, 0.3) is 5.91 Å². The van der Waals surface area contributed by atoms with Crippen LogP contribution in [0.2, 0.25) is 0 Å². The van der Waals surface area contributed by atoms with E-state index in [4.69, 9.17) is 14.9 Å². The normalized spacial score (nSPS) is 17.1. The molecule has 154 valence electrons. The lowest BCUT2D eigenvalue weighted by Gasteiger charge is -2.31. The van der Waals surface area contributed by atoms with Gasteiger partial charge in [0.15, 0.2) is 5.76 Å². The van der Waals surface area contributed by atoms with Crippen molar-refractivity contribution in [3.8, 4) is 0 Å². The number of para-hydroxylation sites is 1. The highest BCUT2D eigenvalue weighted by atomic mass is 16.5. The predicted molar refractivity (Wildman–Crippen MR) is 109 cm³/mol. The summed E-state index contributed by atoms with van der Waals surface area (Å²) in [6, 6.07) is 9.55. The minimum absolute atomic E-state index is 0.0428.